The van der Waals surface area contributed by atoms with Gasteiger partial charge in [-0.3, -0.25) is 4.79 Å². The summed E-state index contributed by atoms with van der Waals surface area (Å²) in [6.07, 6.45) is 5.24. The van der Waals surface area contributed by atoms with Gasteiger partial charge in [0, 0.05) is 17.5 Å². The summed E-state index contributed by atoms with van der Waals surface area (Å²) in [4.78, 5) is 22.6. The van der Waals surface area contributed by atoms with Crippen molar-refractivity contribution in [3.63, 3.8) is 0 Å². The molecule has 0 unspecified atom stereocenters. The predicted octanol–water partition coefficient (Wildman–Crippen LogP) is 3.60. The van der Waals surface area contributed by atoms with E-state index in [4.69, 9.17) is 9.84 Å². The summed E-state index contributed by atoms with van der Waals surface area (Å²) in [5.41, 5.74) is 5.09. The Kier molecular flexibility index (Phi) is 4.35. The maximum atomic E-state index is 11.9. The zero-order valence-electron chi connectivity index (χ0n) is 14.0. The molecule has 0 atom stereocenters. The third-order valence-corrected chi connectivity index (χ3v) is 4.93. The first-order valence-electron chi connectivity index (χ1n) is 8.31. The van der Waals surface area contributed by atoms with Crippen molar-refractivity contribution in [3.8, 4) is 5.75 Å². The van der Waals surface area contributed by atoms with E-state index in [0.29, 0.717) is 24.3 Å². The molecule has 1 aromatic carbocycles. The number of carboxylic acids is 1. The molecule has 0 bridgehead atoms. The number of ether oxygens (including phenoxy) is 1. The Hall–Kier alpha value is -2.30. The van der Waals surface area contributed by atoms with Crippen LogP contribution in [0.25, 0.3) is 0 Å². The molecule has 1 heterocycles. The van der Waals surface area contributed by atoms with Crippen molar-refractivity contribution in [1.29, 1.82) is 0 Å². The van der Waals surface area contributed by atoms with Crippen LogP contribution in [0.15, 0.2) is 11.6 Å². The van der Waals surface area contributed by atoms with E-state index in [2.05, 4.69) is 0 Å². The number of carbonyl (C=O) groups is 2. The monoisotopic (exact) mass is 330 g/mol. The van der Waals surface area contributed by atoms with Crippen molar-refractivity contribution in [2.45, 2.75) is 58.5 Å². The molecule has 24 heavy (non-hydrogen) atoms. The molecular weight excluding hydrogens is 308 g/mol. The Morgan fingerprint density at radius 2 is 2.04 bits per heavy atom. The number of hydrogen-bond acceptors (Lipinski definition) is 4. The van der Waals surface area contributed by atoms with Gasteiger partial charge in [-0.25, -0.2) is 4.79 Å². The van der Waals surface area contributed by atoms with Gasteiger partial charge in [-0.2, -0.15) is 0 Å². The number of carboxylic acid groups (broad SMARTS) is 1. The highest BCUT2D eigenvalue weighted by Crippen LogP contribution is 2.49. The quantitative estimate of drug-likeness (QED) is 0.615. The van der Waals surface area contributed by atoms with Crippen LogP contribution in [-0.4, -0.2) is 22.2 Å². The van der Waals surface area contributed by atoms with E-state index in [1.54, 1.807) is 0 Å². The molecule has 1 saturated carbocycles. The number of esters is 1. The number of fused-ring (bicyclic) bond motifs is 1. The van der Waals surface area contributed by atoms with Crippen LogP contribution in [0.5, 0.6) is 5.75 Å². The molecule has 1 fully saturated rings. The highest BCUT2D eigenvalue weighted by Gasteiger charge is 2.36. The molecule has 2 N–H and O–H groups in total. The fraction of sp³-hybridized carbons (Fsp3) is 0.474. The molecular formula is C19H22O5. The maximum Gasteiger partial charge on any atom is 0.342 e. The van der Waals surface area contributed by atoms with E-state index in [-0.39, 0.29) is 18.8 Å². The molecule has 3 rings (SSSR count). The van der Waals surface area contributed by atoms with Crippen LogP contribution in [0.2, 0.25) is 0 Å². The minimum Gasteiger partial charge on any atom is -0.507 e. The summed E-state index contributed by atoms with van der Waals surface area (Å²) >= 11 is 0. The summed E-state index contributed by atoms with van der Waals surface area (Å²) in [6, 6.07) is 0. The van der Waals surface area contributed by atoms with E-state index in [1.807, 2.05) is 19.9 Å². The first-order chi connectivity index (χ1) is 11.4. The average Bonchev–Trinajstić information content (AvgIpc) is 3.28. The average molecular weight is 330 g/mol. The smallest absolute Gasteiger partial charge is 0.342 e. The lowest BCUT2D eigenvalue weighted by Crippen LogP contribution is -2.04. The van der Waals surface area contributed by atoms with Crippen LogP contribution in [0, 0.1) is 6.92 Å². The molecule has 0 amide bonds. The molecule has 1 aliphatic carbocycles. The number of cyclic esters (lactones) is 1. The summed E-state index contributed by atoms with van der Waals surface area (Å²) in [5, 5.41) is 19.4. The standard InChI is InChI=1S/C19H22O5/c1-10(4-8-15(20)21)3-7-13-16(12-5-6-12)11(2)14-9-24-19(23)17(14)18(13)22/h3,12,22H,4-9H2,1-2H3,(H,20,21). The van der Waals surface area contributed by atoms with E-state index in [0.717, 1.165) is 40.7 Å². The lowest BCUT2D eigenvalue weighted by atomic mass is 9.88. The predicted molar refractivity (Wildman–Crippen MR) is 88.3 cm³/mol. The van der Waals surface area contributed by atoms with Crippen LogP contribution in [-0.2, 0) is 22.6 Å². The first kappa shape index (κ1) is 16.6. The molecule has 0 radical (unpaired) electrons. The molecule has 128 valence electrons. The van der Waals surface area contributed by atoms with Gasteiger partial charge in [-0.15, -0.1) is 0 Å². The van der Waals surface area contributed by atoms with Crippen molar-refractivity contribution in [1.82, 2.24) is 0 Å². The number of aliphatic carboxylic acids is 1. The van der Waals surface area contributed by atoms with Crippen LogP contribution in [0.4, 0.5) is 0 Å². The minimum atomic E-state index is -0.819. The summed E-state index contributed by atoms with van der Waals surface area (Å²) < 4.78 is 5.11. The van der Waals surface area contributed by atoms with Crippen LogP contribution in [0.3, 0.4) is 0 Å². The maximum absolute atomic E-state index is 11.9. The minimum absolute atomic E-state index is 0.0438. The number of benzene rings is 1. The number of phenols is 1. The number of aromatic hydroxyl groups is 1. The highest BCUT2D eigenvalue weighted by atomic mass is 16.5. The van der Waals surface area contributed by atoms with Crippen LogP contribution >= 0.6 is 0 Å². The molecule has 0 spiro atoms. The second-order valence-electron chi connectivity index (χ2n) is 6.72. The summed E-state index contributed by atoms with van der Waals surface area (Å²) in [7, 11) is 0. The van der Waals surface area contributed by atoms with Gasteiger partial charge >= 0.3 is 11.9 Å². The molecule has 2 aliphatic rings. The second-order valence-corrected chi connectivity index (χ2v) is 6.72. The van der Waals surface area contributed by atoms with Crippen molar-refractivity contribution in [2.24, 2.45) is 0 Å². The molecule has 5 heteroatoms. The van der Waals surface area contributed by atoms with Crippen molar-refractivity contribution >= 4 is 11.9 Å². The van der Waals surface area contributed by atoms with E-state index >= 15 is 0 Å². The fourth-order valence-electron chi connectivity index (χ4n) is 3.42. The normalized spacial score (nSPS) is 16.9. The number of rotatable bonds is 6. The number of allylic oxidation sites excluding steroid dienone is 2. The van der Waals surface area contributed by atoms with Gasteiger partial charge in [0.15, 0.2) is 0 Å². The molecule has 5 nitrogen and oxygen atoms in total. The Morgan fingerprint density at radius 1 is 1.33 bits per heavy atom. The topological polar surface area (TPSA) is 83.8 Å². The van der Waals surface area contributed by atoms with Crippen molar-refractivity contribution in [3.05, 3.63) is 39.5 Å². The van der Waals surface area contributed by atoms with E-state index < -0.39 is 11.9 Å². The van der Waals surface area contributed by atoms with E-state index in [1.165, 1.54) is 0 Å². The Labute approximate surface area is 140 Å². The lowest BCUT2D eigenvalue weighted by molar-refractivity contribution is -0.136. The lowest BCUT2D eigenvalue weighted by Gasteiger charge is -2.17. The van der Waals surface area contributed by atoms with Gasteiger partial charge in [0.1, 0.15) is 17.9 Å². The van der Waals surface area contributed by atoms with Crippen molar-refractivity contribution < 1.29 is 24.5 Å². The molecule has 0 aromatic heterocycles. The summed E-state index contributed by atoms with van der Waals surface area (Å²) in [5.74, 6) is -0.789. The Morgan fingerprint density at radius 3 is 2.67 bits per heavy atom. The molecule has 1 aliphatic heterocycles. The van der Waals surface area contributed by atoms with Gasteiger partial charge in [0.05, 0.1) is 0 Å². The first-order valence-corrected chi connectivity index (χ1v) is 8.31. The largest absolute Gasteiger partial charge is 0.507 e. The zero-order chi connectivity index (χ0) is 17.4. The third kappa shape index (κ3) is 3.03. The number of hydrogen-bond donors (Lipinski definition) is 2. The van der Waals surface area contributed by atoms with Crippen LogP contribution < -0.4 is 0 Å². The zero-order valence-corrected chi connectivity index (χ0v) is 14.0. The highest BCUT2D eigenvalue weighted by molar-refractivity contribution is 5.97. The Bertz CT molecular complexity index is 741. The molecule has 0 saturated heterocycles. The fourth-order valence-corrected chi connectivity index (χ4v) is 3.42. The molecule has 1 aromatic rings. The van der Waals surface area contributed by atoms with Gasteiger partial charge in [0.25, 0.3) is 0 Å². The van der Waals surface area contributed by atoms with Gasteiger partial charge in [-0.1, -0.05) is 11.6 Å². The summed E-state index contributed by atoms with van der Waals surface area (Å²) in [6.45, 7) is 4.13. The number of phenolic OH excluding ortho intramolecular Hbond substituents is 1. The Balaban J connectivity index is 1.96. The van der Waals surface area contributed by atoms with Gasteiger partial charge < -0.3 is 14.9 Å². The number of carbonyl (C=O) groups excluding carboxylic acids is 1. The third-order valence-electron chi connectivity index (χ3n) is 4.93. The van der Waals surface area contributed by atoms with Gasteiger partial charge in [0.2, 0.25) is 0 Å². The van der Waals surface area contributed by atoms with Crippen LogP contribution in [0.1, 0.15) is 71.1 Å². The van der Waals surface area contributed by atoms with E-state index in [9.17, 15) is 14.7 Å². The van der Waals surface area contributed by atoms with Crippen molar-refractivity contribution in [2.75, 3.05) is 0 Å². The second kappa shape index (κ2) is 6.30. The SMILES string of the molecule is CC(=CCc1c(O)c2c(c(C)c1C1CC1)COC2=O)CCC(=O)O. The van der Waals surface area contributed by atoms with Gasteiger partial charge in [-0.05, 0) is 56.6 Å².